The molecule has 0 amide bonds. The topological polar surface area (TPSA) is 90.4 Å². The summed E-state index contributed by atoms with van der Waals surface area (Å²) >= 11 is 0. The number of halogens is 3. The molecular formula is C21H20F3N3O3. The van der Waals surface area contributed by atoms with Crippen LogP contribution in [0, 0.1) is 21.4 Å². The maximum absolute atomic E-state index is 13.2. The fourth-order valence-corrected chi connectivity index (χ4v) is 4.31. The van der Waals surface area contributed by atoms with Gasteiger partial charge in [-0.15, -0.1) is 0 Å². The van der Waals surface area contributed by atoms with Gasteiger partial charge < -0.3 is 10.0 Å². The molecule has 0 saturated heterocycles. The van der Waals surface area contributed by atoms with Crippen molar-refractivity contribution in [2.45, 2.75) is 43.8 Å². The van der Waals surface area contributed by atoms with Crippen LogP contribution >= 0.6 is 0 Å². The summed E-state index contributed by atoms with van der Waals surface area (Å²) < 4.78 is 39.7. The van der Waals surface area contributed by atoms with Crippen molar-refractivity contribution < 1.29 is 23.2 Å². The molecule has 0 spiro atoms. The Kier molecular flexibility index (Phi) is 4.93. The van der Waals surface area contributed by atoms with Crippen LogP contribution in [0.25, 0.3) is 0 Å². The fourth-order valence-electron chi connectivity index (χ4n) is 4.31. The lowest BCUT2D eigenvalue weighted by atomic mass is 9.68. The standard InChI is InChI=1S/C21H20F3N3O3/c1-19(2)16-11-14(21(22,23)24)4-6-17(16)26(3)20(19,12-25)9-8-13-10-15(27(29)30)5-7-18(13)28/h4-7,10-11,28H,8-9H2,1-3H3. The van der Waals surface area contributed by atoms with E-state index in [1.165, 1.54) is 24.3 Å². The zero-order valence-corrected chi connectivity index (χ0v) is 16.6. The number of likely N-dealkylation sites (N-methyl/N-ethyl adjacent to an activating group) is 1. The van der Waals surface area contributed by atoms with E-state index in [9.17, 15) is 33.7 Å². The van der Waals surface area contributed by atoms with Gasteiger partial charge in [0.25, 0.3) is 5.69 Å². The van der Waals surface area contributed by atoms with Crippen molar-refractivity contribution in [3.8, 4) is 11.8 Å². The van der Waals surface area contributed by atoms with Gasteiger partial charge in [0.05, 0.1) is 16.6 Å². The van der Waals surface area contributed by atoms with E-state index in [0.29, 0.717) is 16.8 Å². The van der Waals surface area contributed by atoms with Gasteiger partial charge in [0.2, 0.25) is 0 Å². The first-order valence-corrected chi connectivity index (χ1v) is 9.18. The van der Waals surface area contributed by atoms with E-state index in [1.807, 2.05) is 0 Å². The summed E-state index contributed by atoms with van der Waals surface area (Å²) in [5, 5.41) is 31.3. The van der Waals surface area contributed by atoms with E-state index in [1.54, 1.807) is 25.8 Å². The average molecular weight is 419 g/mol. The van der Waals surface area contributed by atoms with Crippen molar-refractivity contribution in [2.75, 3.05) is 11.9 Å². The van der Waals surface area contributed by atoms with Crippen molar-refractivity contribution >= 4 is 11.4 Å². The van der Waals surface area contributed by atoms with Crippen molar-refractivity contribution in [3.05, 3.63) is 63.2 Å². The van der Waals surface area contributed by atoms with Crippen molar-refractivity contribution in [3.63, 3.8) is 0 Å². The van der Waals surface area contributed by atoms with Gasteiger partial charge in [-0.3, -0.25) is 10.1 Å². The second kappa shape index (κ2) is 6.90. The number of rotatable bonds is 4. The smallest absolute Gasteiger partial charge is 0.416 e. The molecule has 0 fully saturated rings. The van der Waals surface area contributed by atoms with Gasteiger partial charge in [-0.05, 0) is 42.7 Å². The summed E-state index contributed by atoms with van der Waals surface area (Å²) in [7, 11) is 1.65. The van der Waals surface area contributed by atoms with Gasteiger partial charge in [0.15, 0.2) is 0 Å². The fraction of sp³-hybridized carbons (Fsp3) is 0.381. The quantitative estimate of drug-likeness (QED) is 0.560. The van der Waals surface area contributed by atoms with Crippen LogP contribution in [0.4, 0.5) is 24.5 Å². The monoisotopic (exact) mass is 419 g/mol. The highest BCUT2D eigenvalue weighted by Crippen LogP contribution is 2.53. The van der Waals surface area contributed by atoms with Crippen LogP contribution in [0.15, 0.2) is 36.4 Å². The van der Waals surface area contributed by atoms with Gasteiger partial charge in [-0.25, -0.2) is 0 Å². The number of fused-ring (bicyclic) bond motifs is 1. The SMILES string of the molecule is CN1c2ccc(C(F)(F)F)cc2C(C)(C)C1(C#N)CCc1cc([N+](=O)[O-])ccc1O. The molecule has 2 aromatic rings. The van der Waals surface area contributed by atoms with E-state index in [2.05, 4.69) is 6.07 Å². The molecule has 2 aromatic carbocycles. The van der Waals surface area contributed by atoms with Gasteiger partial charge in [-0.1, -0.05) is 13.8 Å². The Morgan fingerprint density at radius 1 is 1.23 bits per heavy atom. The van der Waals surface area contributed by atoms with Crippen LogP contribution in [0.1, 0.15) is 37.0 Å². The molecule has 30 heavy (non-hydrogen) atoms. The number of nitro benzene ring substituents is 1. The van der Waals surface area contributed by atoms with Gasteiger partial charge in [0, 0.05) is 35.8 Å². The van der Waals surface area contributed by atoms with Crippen LogP contribution in [0.3, 0.4) is 0 Å². The summed E-state index contributed by atoms with van der Waals surface area (Å²) in [4.78, 5) is 12.1. The number of hydrogen-bond donors (Lipinski definition) is 1. The number of benzene rings is 2. The largest absolute Gasteiger partial charge is 0.508 e. The zero-order valence-electron chi connectivity index (χ0n) is 16.6. The minimum absolute atomic E-state index is 0.134. The van der Waals surface area contributed by atoms with Crippen LogP contribution in [-0.2, 0) is 18.0 Å². The van der Waals surface area contributed by atoms with Crippen molar-refractivity contribution in [2.24, 2.45) is 0 Å². The first kappa shape index (κ1) is 21.4. The predicted octanol–water partition coefficient (Wildman–Crippen LogP) is 4.94. The average Bonchev–Trinajstić information content (AvgIpc) is 2.84. The predicted molar refractivity (Wildman–Crippen MR) is 104 cm³/mol. The van der Waals surface area contributed by atoms with Gasteiger partial charge in [-0.2, -0.15) is 18.4 Å². The van der Waals surface area contributed by atoms with Crippen LogP contribution in [-0.4, -0.2) is 22.6 Å². The maximum atomic E-state index is 13.2. The molecule has 1 aliphatic rings. The van der Waals surface area contributed by atoms with E-state index < -0.39 is 27.6 Å². The molecule has 9 heteroatoms. The summed E-state index contributed by atoms with van der Waals surface area (Å²) in [6, 6.07) is 9.36. The second-order valence-electron chi connectivity index (χ2n) is 7.96. The van der Waals surface area contributed by atoms with E-state index in [4.69, 9.17) is 0 Å². The van der Waals surface area contributed by atoms with Crippen molar-refractivity contribution in [1.82, 2.24) is 0 Å². The number of phenolic OH excluding ortho intramolecular Hbond substituents is 1. The highest BCUT2D eigenvalue weighted by molar-refractivity contribution is 5.69. The Bertz CT molecular complexity index is 1060. The molecule has 158 valence electrons. The summed E-state index contributed by atoms with van der Waals surface area (Å²) in [5.41, 5.74) is -1.92. The molecule has 1 aliphatic heterocycles. The lowest BCUT2D eigenvalue weighted by Crippen LogP contribution is -2.53. The second-order valence-corrected chi connectivity index (χ2v) is 7.96. The minimum atomic E-state index is -4.50. The highest BCUT2D eigenvalue weighted by Gasteiger charge is 2.56. The number of hydrogen-bond acceptors (Lipinski definition) is 5. The molecule has 0 aromatic heterocycles. The number of aromatic hydroxyl groups is 1. The Morgan fingerprint density at radius 2 is 1.90 bits per heavy atom. The van der Waals surface area contributed by atoms with Crippen LogP contribution in [0.5, 0.6) is 5.75 Å². The molecule has 1 atom stereocenters. The molecule has 1 heterocycles. The number of nitrogens with zero attached hydrogens (tertiary/aromatic N) is 3. The number of anilines is 1. The maximum Gasteiger partial charge on any atom is 0.416 e. The molecule has 0 aliphatic carbocycles. The van der Waals surface area contributed by atoms with Crippen LogP contribution in [0.2, 0.25) is 0 Å². The molecule has 0 radical (unpaired) electrons. The molecule has 0 bridgehead atoms. The lowest BCUT2D eigenvalue weighted by Gasteiger charge is -2.41. The molecular weight excluding hydrogens is 399 g/mol. The van der Waals surface area contributed by atoms with Crippen LogP contribution < -0.4 is 4.90 Å². The Balaban J connectivity index is 2.02. The number of nitro groups is 1. The molecule has 3 rings (SSSR count). The van der Waals surface area contributed by atoms with E-state index in [0.717, 1.165) is 12.1 Å². The lowest BCUT2D eigenvalue weighted by molar-refractivity contribution is -0.384. The third kappa shape index (κ3) is 3.12. The summed E-state index contributed by atoms with van der Waals surface area (Å²) in [6.45, 7) is 3.43. The van der Waals surface area contributed by atoms with E-state index in [-0.39, 0.29) is 24.3 Å². The molecule has 1 unspecified atom stereocenters. The van der Waals surface area contributed by atoms with Gasteiger partial charge >= 0.3 is 6.18 Å². The highest BCUT2D eigenvalue weighted by atomic mass is 19.4. The third-order valence-electron chi connectivity index (χ3n) is 6.18. The first-order valence-electron chi connectivity index (χ1n) is 9.18. The minimum Gasteiger partial charge on any atom is -0.508 e. The summed E-state index contributed by atoms with van der Waals surface area (Å²) in [5.74, 6) is -0.135. The summed E-state index contributed by atoms with van der Waals surface area (Å²) in [6.07, 6.45) is -4.22. The van der Waals surface area contributed by atoms with Gasteiger partial charge in [0.1, 0.15) is 11.3 Å². The Hall–Kier alpha value is -3.28. The Labute approximate surface area is 171 Å². The van der Waals surface area contributed by atoms with E-state index >= 15 is 0 Å². The number of nitriles is 1. The molecule has 1 N–H and O–H groups in total. The number of alkyl halides is 3. The normalized spacial score (nSPS) is 20.0. The third-order valence-corrected chi connectivity index (χ3v) is 6.18. The first-order chi connectivity index (χ1) is 13.8. The number of non-ortho nitro benzene ring substituents is 1. The zero-order chi connectivity index (χ0) is 22.5. The Morgan fingerprint density at radius 3 is 2.47 bits per heavy atom. The molecule has 6 nitrogen and oxygen atoms in total. The van der Waals surface area contributed by atoms with Crippen molar-refractivity contribution in [1.29, 1.82) is 5.26 Å². The number of aryl methyl sites for hydroxylation is 1. The molecule has 0 saturated carbocycles. The number of phenols is 1.